The maximum Gasteiger partial charge on any atom is 0.193 e. The first-order valence-electron chi connectivity index (χ1n) is 6.70. The average molecular weight is 307 g/mol. The Labute approximate surface area is 126 Å². The van der Waals surface area contributed by atoms with Crippen LogP contribution in [0, 0.1) is 5.21 Å². The van der Waals surface area contributed by atoms with Crippen LogP contribution in [-0.4, -0.2) is 36.8 Å². The molecule has 0 spiro atoms. The zero-order valence-electron chi connectivity index (χ0n) is 11.9. The maximum absolute atomic E-state index is 10.9. The second-order valence-electron chi connectivity index (χ2n) is 5.21. The van der Waals surface area contributed by atoms with Gasteiger partial charge in [0.2, 0.25) is 0 Å². The molecule has 1 aromatic carbocycles. The van der Waals surface area contributed by atoms with Crippen LogP contribution >= 0.6 is 11.8 Å². The third-order valence-electron chi connectivity index (χ3n) is 3.52. The van der Waals surface area contributed by atoms with Gasteiger partial charge in [0, 0.05) is 23.7 Å². The Morgan fingerprint density at radius 2 is 2.00 bits per heavy atom. The van der Waals surface area contributed by atoms with E-state index < -0.39 is 5.23 Å². The highest BCUT2D eigenvalue weighted by molar-refractivity contribution is 7.99. The number of nitrogens with zero attached hydrogens (tertiary/aromatic N) is 4. The van der Waals surface area contributed by atoms with E-state index in [2.05, 4.69) is 33.5 Å². The van der Waals surface area contributed by atoms with Crippen LogP contribution in [0.2, 0.25) is 0 Å². The van der Waals surface area contributed by atoms with Gasteiger partial charge in [-0.25, -0.2) is 5.21 Å². The van der Waals surface area contributed by atoms with E-state index in [9.17, 15) is 5.21 Å². The maximum atomic E-state index is 10.9. The summed E-state index contributed by atoms with van der Waals surface area (Å²) in [6, 6.07) is 7.19. The smallest absolute Gasteiger partial charge is 0.193 e. The minimum absolute atomic E-state index is 0.273. The van der Waals surface area contributed by atoms with Crippen molar-refractivity contribution < 1.29 is 10.4 Å². The average Bonchev–Trinajstić information content (AvgIpc) is 2.90. The third-order valence-corrected chi connectivity index (χ3v) is 4.54. The molecule has 0 fully saturated rings. The standard InChI is InChI=1S/C13H17N5O2S/c1-9(2)16-7-17-12(14-15-13(17)21-8-16)10-3-5-11(6-4-10)18(19)20/h3-6,9,18-19H,7-8H2,1-2H3. The molecule has 1 aliphatic rings. The quantitative estimate of drug-likeness (QED) is 0.826. The lowest BCUT2D eigenvalue weighted by Gasteiger charge is -2.30. The van der Waals surface area contributed by atoms with Crippen molar-refractivity contribution in [3.05, 3.63) is 29.5 Å². The van der Waals surface area contributed by atoms with Gasteiger partial charge in [-0.15, -0.1) is 10.2 Å². The largest absolute Gasteiger partial charge is 0.595 e. The summed E-state index contributed by atoms with van der Waals surface area (Å²) in [6.07, 6.45) is 0. The van der Waals surface area contributed by atoms with Gasteiger partial charge in [-0.2, -0.15) is 5.23 Å². The highest BCUT2D eigenvalue weighted by Crippen LogP contribution is 2.29. The van der Waals surface area contributed by atoms with Crippen molar-refractivity contribution in [3.8, 4) is 11.4 Å². The fourth-order valence-corrected chi connectivity index (χ4v) is 3.23. The predicted octanol–water partition coefficient (Wildman–Crippen LogP) is 1.08. The monoisotopic (exact) mass is 307 g/mol. The van der Waals surface area contributed by atoms with Crippen LogP contribution in [0.1, 0.15) is 13.8 Å². The molecular weight excluding hydrogens is 290 g/mol. The molecule has 1 aromatic heterocycles. The SMILES string of the molecule is CC(C)N1CSc2nnc(-c3ccc([NH+]([O-])O)cc3)n2C1. The summed E-state index contributed by atoms with van der Waals surface area (Å²) >= 11 is 1.67. The second kappa shape index (κ2) is 5.74. The number of quaternary nitrogens is 1. The first-order chi connectivity index (χ1) is 10.1. The molecule has 0 bridgehead atoms. The molecule has 0 radical (unpaired) electrons. The van der Waals surface area contributed by atoms with Crippen molar-refractivity contribution in [2.24, 2.45) is 0 Å². The molecule has 7 nitrogen and oxygen atoms in total. The van der Waals surface area contributed by atoms with Crippen molar-refractivity contribution >= 4 is 17.4 Å². The summed E-state index contributed by atoms with van der Waals surface area (Å²) in [6.45, 7) is 5.08. The minimum Gasteiger partial charge on any atom is -0.595 e. The number of thioether (sulfide) groups is 1. The second-order valence-corrected chi connectivity index (χ2v) is 6.13. The third kappa shape index (κ3) is 2.81. The molecule has 0 saturated heterocycles. The van der Waals surface area contributed by atoms with Crippen molar-refractivity contribution in [1.29, 1.82) is 0 Å². The fourth-order valence-electron chi connectivity index (χ4n) is 2.17. The minimum atomic E-state index is -0.925. The van der Waals surface area contributed by atoms with Crippen molar-refractivity contribution in [2.45, 2.75) is 31.7 Å². The van der Waals surface area contributed by atoms with Crippen LogP contribution < -0.4 is 5.23 Å². The normalized spacial score (nSPS) is 17.0. The van der Waals surface area contributed by atoms with Crippen LogP contribution in [0.3, 0.4) is 0 Å². The highest BCUT2D eigenvalue weighted by Gasteiger charge is 2.23. The molecule has 1 unspecified atom stereocenters. The van der Waals surface area contributed by atoms with Gasteiger partial charge in [0.25, 0.3) is 0 Å². The van der Waals surface area contributed by atoms with Crippen molar-refractivity contribution in [1.82, 2.24) is 19.7 Å². The van der Waals surface area contributed by atoms with Gasteiger partial charge in [0.1, 0.15) is 0 Å². The van der Waals surface area contributed by atoms with E-state index in [0.29, 0.717) is 6.04 Å². The molecule has 21 heavy (non-hydrogen) atoms. The Hall–Kier alpha value is -1.45. The Balaban J connectivity index is 1.92. The number of fused-ring (bicyclic) bond motifs is 1. The van der Waals surface area contributed by atoms with Crippen LogP contribution in [0.5, 0.6) is 0 Å². The lowest BCUT2D eigenvalue weighted by molar-refractivity contribution is -0.991. The zero-order chi connectivity index (χ0) is 15.0. The number of hydrogen-bond acceptors (Lipinski definition) is 6. The van der Waals surface area contributed by atoms with Crippen LogP contribution in [0.15, 0.2) is 29.4 Å². The van der Waals surface area contributed by atoms with Gasteiger partial charge >= 0.3 is 0 Å². The van der Waals surface area contributed by atoms with E-state index in [1.54, 1.807) is 36.0 Å². The molecule has 2 heterocycles. The molecule has 112 valence electrons. The summed E-state index contributed by atoms with van der Waals surface area (Å²) in [5.74, 6) is 1.69. The Morgan fingerprint density at radius 1 is 1.29 bits per heavy atom. The molecule has 8 heteroatoms. The molecule has 1 aliphatic heterocycles. The van der Waals surface area contributed by atoms with Gasteiger partial charge < -0.3 is 5.21 Å². The van der Waals surface area contributed by atoms with E-state index in [0.717, 1.165) is 29.1 Å². The molecule has 0 saturated carbocycles. The summed E-state index contributed by atoms with van der Waals surface area (Å²) in [4.78, 5) is 2.33. The topological polar surface area (TPSA) is 81.7 Å². The van der Waals surface area contributed by atoms with E-state index in [1.165, 1.54) is 0 Å². The molecule has 1 atom stereocenters. The number of benzene rings is 1. The number of hydrogen-bond donors (Lipinski definition) is 2. The number of nitrogens with one attached hydrogen (secondary N) is 1. The number of rotatable bonds is 3. The molecule has 0 amide bonds. The van der Waals surface area contributed by atoms with Gasteiger partial charge in [0.05, 0.1) is 12.5 Å². The molecule has 2 aromatic rings. The molecular formula is C13H17N5O2S. The lowest BCUT2D eigenvalue weighted by atomic mass is 10.2. The van der Waals surface area contributed by atoms with Gasteiger partial charge in [-0.05, 0) is 26.0 Å². The van der Waals surface area contributed by atoms with Gasteiger partial charge in [-0.1, -0.05) is 11.8 Å². The fraction of sp³-hybridized carbons (Fsp3) is 0.385. The highest BCUT2D eigenvalue weighted by atomic mass is 32.2. The summed E-state index contributed by atoms with van der Waals surface area (Å²) in [7, 11) is 0. The van der Waals surface area contributed by atoms with Crippen LogP contribution in [-0.2, 0) is 6.67 Å². The Bertz CT molecular complexity index is 626. The summed E-state index contributed by atoms with van der Waals surface area (Å²) < 4.78 is 2.07. The first kappa shape index (κ1) is 14.5. The molecule has 0 aliphatic carbocycles. The van der Waals surface area contributed by atoms with E-state index >= 15 is 0 Å². The number of aromatic nitrogens is 3. The van der Waals surface area contributed by atoms with E-state index in [1.807, 2.05) is 0 Å². The van der Waals surface area contributed by atoms with Gasteiger partial charge in [0.15, 0.2) is 16.7 Å². The van der Waals surface area contributed by atoms with Crippen LogP contribution in [0.25, 0.3) is 11.4 Å². The zero-order valence-corrected chi connectivity index (χ0v) is 12.7. The van der Waals surface area contributed by atoms with Crippen molar-refractivity contribution in [3.63, 3.8) is 0 Å². The van der Waals surface area contributed by atoms with Crippen LogP contribution in [0.4, 0.5) is 5.69 Å². The lowest BCUT2D eigenvalue weighted by Crippen LogP contribution is -2.99. The first-order valence-corrected chi connectivity index (χ1v) is 7.68. The van der Waals surface area contributed by atoms with E-state index in [4.69, 9.17) is 5.21 Å². The van der Waals surface area contributed by atoms with Gasteiger partial charge in [-0.3, -0.25) is 9.47 Å². The predicted molar refractivity (Wildman–Crippen MR) is 78.9 cm³/mol. The van der Waals surface area contributed by atoms with Crippen molar-refractivity contribution in [2.75, 3.05) is 5.88 Å². The molecule has 3 rings (SSSR count). The Kier molecular flexibility index (Phi) is 3.96. The Morgan fingerprint density at radius 3 is 2.62 bits per heavy atom. The van der Waals surface area contributed by atoms with E-state index in [-0.39, 0.29) is 5.69 Å². The summed E-state index contributed by atoms with van der Waals surface area (Å²) in [5, 5.41) is 28.3. The summed E-state index contributed by atoms with van der Waals surface area (Å²) in [5.41, 5.74) is 1.15. The molecule has 2 N–H and O–H groups in total.